The first-order valence-electron chi connectivity index (χ1n) is 7.20. The van der Waals surface area contributed by atoms with Crippen molar-refractivity contribution in [2.45, 2.75) is 64.0 Å². The highest BCUT2D eigenvalue weighted by Gasteiger charge is 2.30. The minimum absolute atomic E-state index is 0.655. The fourth-order valence-electron chi connectivity index (χ4n) is 3.66. The van der Waals surface area contributed by atoms with Gasteiger partial charge < -0.3 is 5.32 Å². The zero-order valence-corrected chi connectivity index (χ0v) is 11.6. The maximum Gasteiger partial charge on any atom is 0.0333 e. The summed E-state index contributed by atoms with van der Waals surface area (Å²) in [5.41, 5.74) is 1.61. The molecule has 3 rings (SSSR count). The highest BCUT2D eigenvalue weighted by atomic mass is 32.1. The second kappa shape index (κ2) is 5.11. The van der Waals surface area contributed by atoms with Gasteiger partial charge in [0.15, 0.2) is 0 Å². The van der Waals surface area contributed by atoms with Gasteiger partial charge in [0, 0.05) is 17.0 Å². The summed E-state index contributed by atoms with van der Waals surface area (Å²) in [6.45, 7) is 2.35. The van der Waals surface area contributed by atoms with Crippen molar-refractivity contribution in [3.8, 4) is 0 Å². The molecule has 1 saturated carbocycles. The average molecular weight is 249 g/mol. The van der Waals surface area contributed by atoms with E-state index in [0.717, 1.165) is 12.0 Å². The smallest absolute Gasteiger partial charge is 0.0333 e. The van der Waals surface area contributed by atoms with Crippen LogP contribution in [0.3, 0.4) is 0 Å². The predicted octanol–water partition coefficient (Wildman–Crippen LogP) is 4.29. The molecule has 94 valence electrons. The Bertz CT molecular complexity index is 371. The maximum absolute atomic E-state index is 3.97. The Hall–Kier alpha value is -0.340. The van der Waals surface area contributed by atoms with Gasteiger partial charge >= 0.3 is 0 Å². The average Bonchev–Trinajstić information content (AvgIpc) is 2.97. The molecule has 0 aliphatic heterocycles. The molecular weight excluding hydrogens is 226 g/mol. The fourth-order valence-corrected chi connectivity index (χ4v) is 4.65. The first-order valence-corrected chi connectivity index (χ1v) is 8.08. The van der Waals surface area contributed by atoms with Gasteiger partial charge in [-0.2, -0.15) is 0 Å². The van der Waals surface area contributed by atoms with E-state index in [-0.39, 0.29) is 0 Å². The molecular formula is C15H23NS. The van der Waals surface area contributed by atoms with E-state index in [4.69, 9.17) is 0 Å². The van der Waals surface area contributed by atoms with E-state index in [0.29, 0.717) is 6.04 Å². The molecule has 0 amide bonds. The van der Waals surface area contributed by atoms with Crippen molar-refractivity contribution in [2.24, 2.45) is 5.92 Å². The number of thiophene rings is 1. The summed E-state index contributed by atoms with van der Waals surface area (Å²) < 4.78 is 0. The highest BCUT2D eigenvalue weighted by molar-refractivity contribution is 7.10. The molecule has 1 N–H and O–H groups in total. The fraction of sp³-hybridized carbons (Fsp3) is 0.733. The Morgan fingerprint density at radius 3 is 3.12 bits per heavy atom. The van der Waals surface area contributed by atoms with Crippen molar-refractivity contribution in [3.63, 3.8) is 0 Å². The van der Waals surface area contributed by atoms with Crippen LogP contribution in [0.5, 0.6) is 0 Å². The quantitative estimate of drug-likeness (QED) is 0.842. The van der Waals surface area contributed by atoms with E-state index in [2.05, 4.69) is 23.7 Å². The molecule has 1 aromatic heterocycles. The largest absolute Gasteiger partial charge is 0.307 e. The van der Waals surface area contributed by atoms with Crippen molar-refractivity contribution in [1.82, 2.24) is 5.32 Å². The number of nitrogens with one attached hydrogen (secondary N) is 1. The van der Waals surface area contributed by atoms with Crippen LogP contribution in [0.1, 0.15) is 61.9 Å². The SMILES string of the molecule is CCC1CCCC1NC1CCCc2sccc21. The number of hydrogen-bond acceptors (Lipinski definition) is 2. The van der Waals surface area contributed by atoms with Gasteiger partial charge in [-0.3, -0.25) is 0 Å². The molecule has 1 fully saturated rings. The standard InChI is InChI=1S/C15H23NS/c1-2-11-5-3-6-13(11)16-14-7-4-8-15-12(14)9-10-17-15/h9-11,13-14,16H,2-8H2,1H3. The molecule has 1 aromatic rings. The minimum atomic E-state index is 0.655. The molecule has 0 radical (unpaired) electrons. The minimum Gasteiger partial charge on any atom is -0.307 e. The number of rotatable bonds is 3. The Labute approximate surface area is 109 Å². The number of aryl methyl sites for hydroxylation is 1. The molecule has 1 nitrogen and oxygen atoms in total. The summed E-state index contributed by atoms with van der Waals surface area (Å²) in [5, 5.41) is 6.24. The molecule has 1 heterocycles. The van der Waals surface area contributed by atoms with Crippen LogP contribution in [-0.4, -0.2) is 6.04 Å². The second-order valence-corrected chi connectivity index (χ2v) is 6.62. The van der Waals surface area contributed by atoms with Crippen LogP contribution >= 0.6 is 11.3 Å². The summed E-state index contributed by atoms with van der Waals surface area (Å²) >= 11 is 1.95. The third kappa shape index (κ3) is 2.30. The van der Waals surface area contributed by atoms with Crippen LogP contribution in [0, 0.1) is 5.92 Å². The zero-order valence-electron chi connectivity index (χ0n) is 10.7. The molecule has 0 spiro atoms. The normalized spacial score (nSPS) is 32.6. The van der Waals surface area contributed by atoms with Crippen LogP contribution < -0.4 is 5.32 Å². The number of hydrogen-bond donors (Lipinski definition) is 1. The van der Waals surface area contributed by atoms with Gasteiger partial charge in [-0.1, -0.05) is 19.8 Å². The summed E-state index contributed by atoms with van der Waals surface area (Å²) in [6.07, 6.45) is 9.64. The van der Waals surface area contributed by atoms with Crippen LogP contribution in [0.4, 0.5) is 0 Å². The molecule has 0 bridgehead atoms. The van der Waals surface area contributed by atoms with Crippen LogP contribution in [0.25, 0.3) is 0 Å². The van der Waals surface area contributed by atoms with Crippen molar-refractivity contribution in [3.05, 3.63) is 21.9 Å². The van der Waals surface area contributed by atoms with Gasteiger partial charge in [0.1, 0.15) is 0 Å². The molecule has 2 aliphatic rings. The monoisotopic (exact) mass is 249 g/mol. The van der Waals surface area contributed by atoms with E-state index in [1.165, 1.54) is 44.9 Å². The lowest BCUT2D eigenvalue weighted by atomic mass is 9.91. The Balaban J connectivity index is 1.70. The van der Waals surface area contributed by atoms with E-state index in [1.807, 2.05) is 11.3 Å². The summed E-state index contributed by atoms with van der Waals surface area (Å²) in [4.78, 5) is 1.64. The molecule has 0 aromatic carbocycles. The summed E-state index contributed by atoms with van der Waals surface area (Å²) in [5.74, 6) is 0.930. The third-order valence-corrected chi connectivity index (χ3v) is 5.65. The maximum atomic E-state index is 3.97. The zero-order chi connectivity index (χ0) is 11.7. The van der Waals surface area contributed by atoms with Gasteiger partial charge in [0.25, 0.3) is 0 Å². The second-order valence-electron chi connectivity index (χ2n) is 5.62. The van der Waals surface area contributed by atoms with Gasteiger partial charge in [-0.15, -0.1) is 11.3 Å². The Morgan fingerprint density at radius 2 is 2.24 bits per heavy atom. The first-order chi connectivity index (χ1) is 8.38. The summed E-state index contributed by atoms with van der Waals surface area (Å²) in [7, 11) is 0. The van der Waals surface area contributed by atoms with E-state index in [9.17, 15) is 0 Å². The molecule has 0 saturated heterocycles. The van der Waals surface area contributed by atoms with Gasteiger partial charge in [0.05, 0.1) is 0 Å². The topological polar surface area (TPSA) is 12.0 Å². The van der Waals surface area contributed by atoms with Crippen molar-refractivity contribution in [2.75, 3.05) is 0 Å². The van der Waals surface area contributed by atoms with Gasteiger partial charge in [0.2, 0.25) is 0 Å². The van der Waals surface area contributed by atoms with Crippen molar-refractivity contribution < 1.29 is 0 Å². The molecule has 3 atom stereocenters. The Kier molecular flexibility index (Phi) is 3.53. The van der Waals surface area contributed by atoms with Gasteiger partial charge in [-0.05, 0) is 55.0 Å². The van der Waals surface area contributed by atoms with E-state index < -0.39 is 0 Å². The van der Waals surface area contributed by atoms with Crippen LogP contribution in [0.2, 0.25) is 0 Å². The Morgan fingerprint density at radius 1 is 1.29 bits per heavy atom. The lowest BCUT2D eigenvalue weighted by Gasteiger charge is -2.29. The first kappa shape index (κ1) is 11.7. The van der Waals surface area contributed by atoms with Crippen molar-refractivity contribution in [1.29, 1.82) is 0 Å². The third-order valence-electron chi connectivity index (χ3n) is 4.65. The molecule has 2 heteroatoms. The molecule has 2 aliphatic carbocycles. The lowest BCUT2D eigenvalue weighted by Crippen LogP contribution is -2.36. The van der Waals surface area contributed by atoms with E-state index >= 15 is 0 Å². The lowest BCUT2D eigenvalue weighted by molar-refractivity contribution is 0.331. The van der Waals surface area contributed by atoms with Crippen LogP contribution in [-0.2, 0) is 6.42 Å². The number of fused-ring (bicyclic) bond motifs is 1. The molecule has 3 unspecified atom stereocenters. The van der Waals surface area contributed by atoms with Gasteiger partial charge in [-0.25, -0.2) is 0 Å². The van der Waals surface area contributed by atoms with Crippen LogP contribution in [0.15, 0.2) is 11.4 Å². The highest BCUT2D eigenvalue weighted by Crippen LogP contribution is 2.36. The van der Waals surface area contributed by atoms with E-state index in [1.54, 1.807) is 10.4 Å². The summed E-state index contributed by atoms with van der Waals surface area (Å²) in [6, 6.07) is 3.80. The van der Waals surface area contributed by atoms with Crippen molar-refractivity contribution >= 4 is 11.3 Å². The molecule has 17 heavy (non-hydrogen) atoms. The predicted molar refractivity (Wildman–Crippen MR) is 74.6 cm³/mol.